The van der Waals surface area contributed by atoms with Crippen LogP contribution in [0.5, 0.6) is 0 Å². The Balaban J connectivity index is 1.55. The molecule has 0 aliphatic heterocycles. The molecule has 34 heavy (non-hydrogen) atoms. The molecule has 0 spiro atoms. The molecule has 4 unspecified atom stereocenters. The summed E-state index contributed by atoms with van der Waals surface area (Å²) in [5.41, 5.74) is 0.949. The van der Waals surface area contributed by atoms with Crippen LogP contribution in [-0.4, -0.2) is 21.3 Å². The van der Waals surface area contributed by atoms with Gasteiger partial charge in [0.1, 0.15) is 10.5 Å². The van der Waals surface area contributed by atoms with Crippen molar-refractivity contribution in [3.05, 3.63) is 35.2 Å². The van der Waals surface area contributed by atoms with Crippen LogP contribution in [0.25, 0.3) is 21.7 Å². The van der Waals surface area contributed by atoms with E-state index in [-0.39, 0.29) is 5.56 Å². The number of thiazole rings is 1. The Hall–Kier alpha value is -1.93. The molecule has 1 saturated carbocycles. The second-order valence-corrected chi connectivity index (χ2v) is 10.7. The third kappa shape index (κ3) is 6.00. The Morgan fingerprint density at radius 1 is 1.21 bits per heavy atom. The summed E-state index contributed by atoms with van der Waals surface area (Å²) >= 11 is 1.31. The Labute approximate surface area is 202 Å². The fraction of sp³-hybridized carbons (Fsp3) is 0.615. The summed E-state index contributed by atoms with van der Waals surface area (Å²) in [6.07, 6.45) is 4.69. The van der Waals surface area contributed by atoms with Gasteiger partial charge in [-0.15, -0.1) is 11.3 Å². The second-order valence-electron chi connectivity index (χ2n) is 9.85. The van der Waals surface area contributed by atoms with Crippen molar-refractivity contribution < 1.29 is 22.7 Å². The Bertz CT molecular complexity index is 1060. The molecule has 1 fully saturated rings. The average Bonchev–Trinajstić information content (AvgIpc) is 3.42. The molecule has 2 aromatic heterocycles. The maximum absolute atomic E-state index is 13.2. The van der Waals surface area contributed by atoms with Crippen LogP contribution >= 0.6 is 11.3 Å². The lowest BCUT2D eigenvalue weighted by atomic mass is 9.84. The summed E-state index contributed by atoms with van der Waals surface area (Å²) in [6, 6.07) is 2.60. The number of hydrogen-bond donors (Lipinski definition) is 1. The SMILES string of the molecule is CCC(C)CC1CCCCC(CCc2nc3cc(C(O)C(F)(F)F)cc(-c4nccs4)c3o2)C1. The first kappa shape index (κ1) is 25.2. The van der Waals surface area contributed by atoms with E-state index in [1.54, 1.807) is 11.6 Å². The van der Waals surface area contributed by atoms with Crippen LogP contribution in [0.2, 0.25) is 0 Å². The van der Waals surface area contributed by atoms with E-state index in [1.165, 1.54) is 68.4 Å². The van der Waals surface area contributed by atoms with Gasteiger partial charge in [-0.2, -0.15) is 13.2 Å². The highest BCUT2D eigenvalue weighted by atomic mass is 32.1. The summed E-state index contributed by atoms with van der Waals surface area (Å²) in [6.45, 7) is 4.59. The molecule has 1 N–H and O–H groups in total. The number of oxazole rings is 1. The first-order valence-corrected chi connectivity index (χ1v) is 13.2. The van der Waals surface area contributed by atoms with Crippen molar-refractivity contribution in [2.75, 3.05) is 0 Å². The molecule has 4 nitrogen and oxygen atoms in total. The zero-order chi connectivity index (χ0) is 24.3. The summed E-state index contributed by atoms with van der Waals surface area (Å²) in [5, 5.41) is 12.1. The predicted molar refractivity (Wildman–Crippen MR) is 129 cm³/mol. The van der Waals surface area contributed by atoms with E-state index in [4.69, 9.17) is 4.42 Å². The lowest BCUT2D eigenvalue weighted by molar-refractivity contribution is -0.206. The van der Waals surface area contributed by atoms with Crippen molar-refractivity contribution in [3.63, 3.8) is 0 Å². The number of halogens is 3. The third-order valence-corrected chi connectivity index (χ3v) is 7.99. The smallest absolute Gasteiger partial charge is 0.418 e. The van der Waals surface area contributed by atoms with Gasteiger partial charge in [0.05, 0.1) is 5.56 Å². The van der Waals surface area contributed by atoms with Gasteiger partial charge < -0.3 is 9.52 Å². The molecule has 2 heterocycles. The maximum Gasteiger partial charge on any atom is 0.418 e. The van der Waals surface area contributed by atoms with Gasteiger partial charge >= 0.3 is 6.18 Å². The number of nitrogens with zero attached hydrogens (tertiary/aromatic N) is 2. The number of aliphatic hydroxyl groups is 1. The van der Waals surface area contributed by atoms with Crippen LogP contribution in [0.1, 0.15) is 82.8 Å². The van der Waals surface area contributed by atoms with Crippen LogP contribution < -0.4 is 0 Å². The Morgan fingerprint density at radius 3 is 2.65 bits per heavy atom. The van der Waals surface area contributed by atoms with Crippen molar-refractivity contribution in [2.24, 2.45) is 17.8 Å². The van der Waals surface area contributed by atoms with E-state index in [9.17, 15) is 18.3 Å². The monoisotopic (exact) mass is 494 g/mol. The first-order chi connectivity index (χ1) is 16.2. The molecule has 3 aromatic rings. The minimum Gasteiger partial charge on any atom is -0.440 e. The van der Waals surface area contributed by atoms with E-state index >= 15 is 0 Å². The number of aliphatic hydroxyl groups excluding tert-OH is 1. The lowest BCUT2D eigenvalue weighted by Crippen LogP contribution is -2.20. The number of alkyl halides is 3. The van der Waals surface area contributed by atoms with Crippen molar-refractivity contribution >= 4 is 22.4 Å². The number of aromatic nitrogens is 2. The fourth-order valence-corrected chi connectivity index (χ4v) is 5.83. The molecule has 0 saturated heterocycles. The quantitative estimate of drug-likeness (QED) is 0.321. The van der Waals surface area contributed by atoms with E-state index in [0.717, 1.165) is 18.3 Å². The highest BCUT2D eigenvalue weighted by molar-refractivity contribution is 7.13. The van der Waals surface area contributed by atoms with Gasteiger partial charge in [-0.05, 0) is 54.7 Å². The largest absolute Gasteiger partial charge is 0.440 e. The zero-order valence-corrected chi connectivity index (χ0v) is 20.6. The van der Waals surface area contributed by atoms with Gasteiger partial charge in [0.15, 0.2) is 17.6 Å². The molecule has 4 atom stereocenters. The number of fused-ring (bicyclic) bond motifs is 1. The number of rotatable bonds is 8. The molecule has 1 aliphatic carbocycles. The predicted octanol–water partition coefficient (Wildman–Crippen LogP) is 8.11. The van der Waals surface area contributed by atoms with Crippen LogP contribution in [0, 0.1) is 17.8 Å². The molecule has 0 amide bonds. The standard InChI is InChI=1S/C26H33F3N2O2S/c1-3-16(2)12-18-7-5-4-6-17(13-18)8-9-22-31-21-15-19(24(32)26(27,28)29)14-20(23(21)33-22)25-30-10-11-34-25/h10-11,14-18,24,32H,3-9,12-13H2,1-2H3. The second kappa shape index (κ2) is 10.8. The molecule has 186 valence electrons. The molecule has 1 aliphatic rings. The van der Waals surface area contributed by atoms with Crippen LogP contribution in [0.3, 0.4) is 0 Å². The van der Waals surface area contributed by atoms with Crippen molar-refractivity contribution in [1.29, 1.82) is 0 Å². The molecule has 0 bridgehead atoms. The minimum atomic E-state index is -4.76. The molecule has 1 aromatic carbocycles. The summed E-state index contributed by atoms with van der Waals surface area (Å²) in [4.78, 5) is 8.77. The Morgan fingerprint density at radius 2 is 1.97 bits per heavy atom. The maximum atomic E-state index is 13.2. The van der Waals surface area contributed by atoms with Crippen molar-refractivity contribution in [1.82, 2.24) is 9.97 Å². The van der Waals surface area contributed by atoms with E-state index < -0.39 is 12.3 Å². The number of benzene rings is 1. The third-order valence-electron chi connectivity index (χ3n) is 7.19. The van der Waals surface area contributed by atoms with Crippen LogP contribution in [-0.2, 0) is 6.42 Å². The minimum absolute atomic E-state index is 0.248. The van der Waals surface area contributed by atoms with E-state index in [0.29, 0.717) is 39.9 Å². The number of hydrogen-bond acceptors (Lipinski definition) is 5. The van der Waals surface area contributed by atoms with Gasteiger partial charge in [-0.25, -0.2) is 9.97 Å². The normalized spacial score (nSPS) is 21.5. The fourth-order valence-electron chi connectivity index (χ4n) is 5.18. The topological polar surface area (TPSA) is 59.2 Å². The average molecular weight is 495 g/mol. The highest BCUT2D eigenvalue weighted by Gasteiger charge is 2.40. The zero-order valence-electron chi connectivity index (χ0n) is 19.8. The van der Waals surface area contributed by atoms with Gasteiger partial charge in [0.2, 0.25) is 0 Å². The molecule has 4 rings (SSSR count). The first-order valence-electron chi connectivity index (χ1n) is 12.3. The summed E-state index contributed by atoms with van der Waals surface area (Å²) in [7, 11) is 0. The number of aryl methyl sites for hydroxylation is 1. The highest BCUT2D eigenvalue weighted by Crippen LogP contribution is 2.39. The van der Waals surface area contributed by atoms with Gasteiger partial charge in [-0.1, -0.05) is 46.0 Å². The van der Waals surface area contributed by atoms with Gasteiger partial charge in [-0.3, -0.25) is 0 Å². The molecule has 8 heteroatoms. The van der Waals surface area contributed by atoms with Gasteiger partial charge in [0.25, 0.3) is 0 Å². The van der Waals surface area contributed by atoms with Crippen molar-refractivity contribution in [2.45, 2.75) is 83.9 Å². The van der Waals surface area contributed by atoms with E-state index in [2.05, 4.69) is 23.8 Å². The van der Waals surface area contributed by atoms with Crippen LogP contribution in [0.15, 0.2) is 28.1 Å². The molecule has 0 radical (unpaired) electrons. The van der Waals surface area contributed by atoms with Crippen LogP contribution in [0.4, 0.5) is 13.2 Å². The molecular formula is C26H33F3N2O2S. The van der Waals surface area contributed by atoms with Gasteiger partial charge in [0, 0.05) is 18.0 Å². The summed E-state index contributed by atoms with van der Waals surface area (Å²) < 4.78 is 45.7. The lowest BCUT2D eigenvalue weighted by Gasteiger charge is -2.22. The van der Waals surface area contributed by atoms with Crippen molar-refractivity contribution in [3.8, 4) is 10.6 Å². The summed E-state index contributed by atoms with van der Waals surface area (Å²) in [5.74, 6) is 2.68. The molecular weight excluding hydrogens is 461 g/mol. The van der Waals surface area contributed by atoms with E-state index in [1.807, 2.05) is 0 Å². The Kier molecular flexibility index (Phi) is 7.97.